The molecule has 1 atom stereocenters. The average molecular weight is 237 g/mol. The minimum absolute atomic E-state index is 0.126. The number of rotatable bonds is 7. The fourth-order valence-electron chi connectivity index (χ4n) is 1.09. The summed E-state index contributed by atoms with van der Waals surface area (Å²) in [4.78, 5) is 10.8. The van der Waals surface area contributed by atoms with E-state index in [-0.39, 0.29) is 11.9 Å². The average Bonchev–Trinajstić information content (AvgIpc) is 2.02. The summed E-state index contributed by atoms with van der Waals surface area (Å²) < 4.78 is 5.17. The number of halogens is 1. The molecule has 0 saturated carbocycles. The third-order valence-electron chi connectivity index (χ3n) is 1.76. The Morgan fingerprint density at radius 1 is 1.50 bits per heavy atom. The Labute approximate surface area is 82.8 Å². The lowest BCUT2D eigenvalue weighted by Crippen LogP contribution is -2.14. The quantitative estimate of drug-likeness (QED) is 0.502. The van der Waals surface area contributed by atoms with E-state index in [0.717, 1.165) is 24.6 Å². The van der Waals surface area contributed by atoms with Crippen molar-refractivity contribution in [3.8, 4) is 0 Å². The highest BCUT2D eigenvalue weighted by atomic mass is 79.9. The SMILES string of the molecule is COC(CCCCBr)CC(C)=O. The van der Waals surface area contributed by atoms with Crippen molar-refractivity contribution >= 4 is 21.7 Å². The first kappa shape index (κ1) is 12.1. The van der Waals surface area contributed by atoms with Gasteiger partial charge in [-0.25, -0.2) is 0 Å². The van der Waals surface area contributed by atoms with Gasteiger partial charge >= 0.3 is 0 Å². The molecule has 0 fully saturated rings. The first-order valence-electron chi connectivity index (χ1n) is 4.29. The van der Waals surface area contributed by atoms with E-state index in [1.54, 1.807) is 14.0 Å². The summed E-state index contributed by atoms with van der Waals surface area (Å²) in [6.07, 6.45) is 3.94. The number of Topliss-reactive ketones (excluding diaryl/α,β-unsaturated/α-hetero) is 1. The zero-order valence-electron chi connectivity index (χ0n) is 7.81. The number of alkyl halides is 1. The standard InChI is InChI=1S/C9H17BrO2/c1-8(11)7-9(12-2)5-3-4-6-10/h9H,3-7H2,1-2H3. The van der Waals surface area contributed by atoms with Gasteiger partial charge in [0, 0.05) is 18.9 Å². The molecule has 0 rings (SSSR count). The van der Waals surface area contributed by atoms with Crippen molar-refractivity contribution in [1.29, 1.82) is 0 Å². The molecule has 0 spiro atoms. The summed E-state index contributed by atoms with van der Waals surface area (Å²) in [6, 6.07) is 0. The highest BCUT2D eigenvalue weighted by molar-refractivity contribution is 9.09. The number of ketones is 1. The molecule has 72 valence electrons. The molecule has 0 aliphatic carbocycles. The van der Waals surface area contributed by atoms with E-state index in [4.69, 9.17) is 4.74 Å². The molecule has 0 saturated heterocycles. The van der Waals surface area contributed by atoms with Gasteiger partial charge < -0.3 is 4.74 Å². The van der Waals surface area contributed by atoms with Crippen LogP contribution < -0.4 is 0 Å². The molecule has 2 nitrogen and oxygen atoms in total. The van der Waals surface area contributed by atoms with Crippen LogP contribution in [0.2, 0.25) is 0 Å². The molecule has 0 aromatic heterocycles. The van der Waals surface area contributed by atoms with Crippen LogP contribution in [-0.2, 0) is 9.53 Å². The van der Waals surface area contributed by atoms with Gasteiger partial charge in [-0.15, -0.1) is 0 Å². The van der Waals surface area contributed by atoms with E-state index >= 15 is 0 Å². The van der Waals surface area contributed by atoms with Crippen molar-refractivity contribution in [2.45, 2.75) is 38.7 Å². The number of ether oxygens (including phenoxy) is 1. The first-order valence-corrected chi connectivity index (χ1v) is 5.41. The maximum Gasteiger partial charge on any atom is 0.132 e. The predicted octanol–water partition coefficient (Wildman–Crippen LogP) is 2.55. The molecular weight excluding hydrogens is 220 g/mol. The van der Waals surface area contributed by atoms with Crippen molar-refractivity contribution in [3.05, 3.63) is 0 Å². The number of hydrogen-bond donors (Lipinski definition) is 0. The Morgan fingerprint density at radius 2 is 2.17 bits per heavy atom. The minimum Gasteiger partial charge on any atom is -0.381 e. The topological polar surface area (TPSA) is 26.3 Å². The minimum atomic E-state index is 0.126. The molecule has 0 aliphatic heterocycles. The van der Waals surface area contributed by atoms with Crippen molar-refractivity contribution in [1.82, 2.24) is 0 Å². The monoisotopic (exact) mass is 236 g/mol. The Morgan fingerprint density at radius 3 is 2.58 bits per heavy atom. The second kappa shape index (κ2) is 7.74. The molecule has 3 heteroatoms. The molecule has 0 N–H and O–H groups in total. The van der Waals surface area contributed by atoms with Gasteiger partial charge in [-0.2, -0.15) is 0 Å². The van der Waals surface area contributed by atoms with Crippen LogP contribution in [0.4, 0.5) is 0 Å². The second-order valence-electron chi connectivity index (χ2n) is 2.95. The largest absolute Gasteiger partial charge is 0.381 e. The van der Waals surface area contributed by atoms with E-state index < -0.39 is 0 Å². The molecule has 0 amide bonds. The summed E-state index contributed by atoms with van der Waals surface area (Å²) in [7, 11) is 1.67. The van der Waals surface area contributed by atoms with E-state index in [9.17, 15) is 4.79 Å². The van der Waals surface area contributed by atoms with Crippen LogP contribution in [0.5, 0.6) is 0 Å². The molecule has 0 heterocycles. The predicted molar refractivity (Wildman–Crippen MR) is 53.7 cm³/mol. The lowest BCUT2D eigenvalue weighted by Gasteiger charge is -2.12. The van der Waals surface area contributed by atoms with E-state index in [0.29, 0.717) is 6.42 Å². The Bertz CT molecular complexity index is 126. The van der Waals surface area contributed by atoms with Gasteiger partial charge in [0.25, 0.3) is 0 Å². The number of hydrogen-bond acceptors (Lipinski definition) is 2. The summed E-state index contributed by atoms with van der Waals surface area (Å²) in [5, 5.41) is 1.03. The first-order chi connectivity index (χ1) is 5.70. The van der Waals surface area contributed by atoms with Crippen LogP contribution in [0.3, 0.4) is 0 Å². The lowest BCUT2D eigenvalue weighted by atomic mass is 10.1. The molecule has 1 unspecified atom stereocenters. The molecule has 0 aromatic rings. The van der Waals surface area contributed by atoms with Gasteiger partial charge in [0.1, 0.15) is 5.78 Å². The van der Waals surface area contributed by atoms with Gasteiger partial charge in [0.05, 0.1) is 6.10 Å². The van der Waals surface area contributed by atoms with Crippen LogP contribution >= 0.6 is 15.9 Å². The van der Waals surface area contributed by atoms with E-state index in [1.807, 2.05) is 0 Å². The van der Waals surface area contributed by atoms with Gasteiger partial charge in [0.2, 0.25) is 0 Å². The highest BCUT2D eigenvalue weighted by Gasteiger charge is 2.08. The van der Waals surface area contributed by atoms with Crippen LogP contribution in [0, 0.1) is 0 Å². The van der Waals surface area contributed by atoms with Crippen LogP contribution in [0.25, 0.3) is 0 Å². The van der Waals surface area contributed by atoms with Crippen molar-refractivity contribution < 1.29 is 9.53 Å². The zero-order chi connectivity index (χ0) is 9.40. The number of methoxy groups -OCH3 is 1. The van der Waals surface area contributed by atoms with Gasteiger partial charge in [-0.05, 0) is 19.8 Å². The van der Waals surface area contributed by atoms with Crippen molar-refractivity contribution in [2.75, 3.05) is 12.4 Å². The summed E-state index contributed by atoms with van der Waals surface area (Å²) >= 11 is 3.36. The Hall–Kier alpha value is 0.110. The van der Waals surface area contributed by atoms with E-state index in [1.165, 1.54) is 0 Å². The lowest BCUT2D eigenvalue weighted by molar-refractivity contribution is -0.119. The Balaban J connectivity index is 3.46. The number of carbonyl (C=O) groups excluding carboxylic acids is 1. The van der Waals surface area contributed by atoms with Gasteiger partial charge in [-0.1, -0.05) is 22.4 Å². The highest BCUT2D eigenvalue weighted by Crippen LogP contribution is 2.09. The normalized spacial score (nSPS) is 12.9. The van der Waals surface area contributed by atoms with Crippen LogP contribution in [0.1, 0.15) is 32.6 Å². The fraction of sp³-hybridized carbons (Fsp3) is 0.889. The van der Waals surface area contributed by atoms with Crippen molar-refractivity contribution in [3.63, 3.8) is 0 Å². The maximum absolute atomic E-state index is 10.8. The summed E-state index contributed by atoms with van der Waals surface area (Å²) in [5.74, 6) is 0.209. The second-order valence-corrected chi connectivity index (χ2v) is 3.74. The third-order valence-corrected chi connectivity index (χ3v) is 2.32. The van der Waals surface area contributed by atoms with Gasteiger partial charge in [-0.3, -0.25) is 4.79 Å². The summed E-state index contributed by atoms with van der Waals surface area (Å²) in [6.45, 7) is 1.61. The summed E-state index contributed by atoms with van der Waals surface area (Å²) in [5.41, 5.74) is 0. The maximum atomic E-state index is 10.8. The van der Waals surface area contributed by atoms with Gasteiger partial charge in [0.15, 0.2) is 0 Å². The smallest absolute Gasteiger partial charge is 0.132 e. The molecule has 0 aliphatic rings. The number of carbonyl (C=O) groups is 1. The van der Waals surface area contributed by atoms with E-state index in [2.05, 4.69) is 15.9 Å². The Kier molecular flexibility index (Phi) is 7.81. The molecule has 0 bridgehead atoms. The van der Waals surface area contributed by atoms with Crippen LogP contribution in [-0.4, -0.2) is 24.3 Å². The molecule has 0 aromatic carbocycles. The van der Waals surface area contributed by atoms with Crippen molar-refractivity contribution in [2.24, 2.45) is 0 Å². The van der Waals surface area contributed by atoms with Crippen LogP contribution in [0.15, 0.2) is 0 Å². The number of unbranched alkanes of at least 4 members (excludes halogenated alkanes) is 1. The molecule has 12 heavy (non-hydrogen) atoms. The zero-order valence-corrected chi connectivity index (χ0v) is 9.39. The molecule has 0 radical (unpaired) electrons. The third kappa shape index (κ3) is 6.80. The fourth-order valence-corrected chi connectivity index (χ4v) is 1.49. The molecular formula is C9H17BrO2.